The van der Waals surface area contributed by atoms with E-state index in [1.165, 1.54) is 4.90 Å². The van der Waals surface area contributed by atoms with Crippen molar-refractivity contribution < 1.29 is 19.8 Å². The molecule has 0 saturated carbocycles. The third-order valence-electron chi connectivity index (χ3n) is 2.66. The van der Waals surface area contributed by atoms with Crippen molar-refractivity contribution in [1.82, 2.24) is 10.2 Å². The largest absolute Gasteiger partial charge is 0.479 e. The molecule has 1 aromatic carbocycles. The van der Waals surface area contributed by atoms with Gasteiger partial charge in [-0.2, -0.15) is 0 Å². The molecule has 2 amide bonds. The summed E-state index contributed by atoms with van der Waals surface area (Å²) in [5, 5.41) is 20.7. The van der Waals surface area contributed by atoms with Crippen molar-refractivity contribution in [3.05, 3.63) is 34.9 Å². The van der Waals surface area contributed by atoms with E-state index in [9.17, 15) is 9.59 Å². The first kappa shape index (κ1) is 16.3. The third-order valence-corrected chi connectivity index (χ3v) is 2.91. The highest BCUT2D eigenvalue weighted by Crippen LogP contribution is 2.10. The molecule has 3 N–H and O–H groups in total. The van der Waals surface area contributed by atoms with E-state index in [4.69, 9.17) is 21.8 Å². The van der Waals surface area contributed by atoms with Gasteiger partial charge in [0.15, 0.2) is 6.10 Å². The summed E-state index contributed by atoms with van der Waals surface area (Å²) in [5.41, 5.74) is 0.928. The molecule has 0 aliphatic carbocycles. The van der Waals surface area contributed by atoms with Crippen molar-refractivity contribution in [3.63, 3.8) is 0 Å². The molecule has 7 heteroatoms. The molecule has 0 heterocycles. The number of carbonyl (C=O) groups is 2. The smallest absolute Gasteiger partial charge is 0.332 e. The van der Waals surface area contributed by atoms with Crippen molar-refractivity contribution in [2.75, 3.05) is 13.6 Å². The number of halogens is 1. The predicted molar refractivity (Wildman–Crippen MR) is 74.6 cm³/mol. The van der Waals surface area contributed by atoms with E-state index in [0.717, 1.165) is 5.56 Å². The lowest BCUT2D eigenvalue weighted by atomic mass is 10.2. The van der Waals surface area contributed by atoms with Gasteiger partial charge in [-0.25, -0.2) is 9.59 Å². The Morgan fingerprint density at radius 3 is 2.50 bits per heavy atom. The highest BCUT2D eigenvalue weighted by molar-refractivity contribution is 6.30. The Bertz CT molecular complexity index is 464. The van der Waals surface area contributed by atoms with E-state index in [-0.39, 0.29) is 19.0 Å². The molecule has 1 aromatic rings. The fraction of sp³-hybridized carbons (Fsp3) is 0.385. The predicted octanol–water partition coefficient (Wildman–Crippen LogP) is 1.32. The van der Waals surface area contributed by atoms with Crippen molar-refractivity contribution in [1.29, 1.82) is 0 Å². The van der Waals surface area contributed by atoms with Crippen LogP contribution in [0.15, 0.2) is 24.3 Å². The van der Waals surface area contributed by atoms with Gasteiger partial charge in [-0.1, -0.05) is 23.7 Å². The van der Waals surface area contributed by atoms with Crippen LogP contribution in [0.4, 0.5) is 4.79 Å². The number of carboxylic acid groups (broad SMARTS) is 1. The van der Waals surface area contributed by atoms with Crippen LogP contribution in [0, 0.1) is 0 Å². The lowest BCUT2D eigenvalue weighted by molar-refractivity contribution is -0.146. The number of nitrogens with one attached hydrogen (secondary N) is 1. The number of nitrogens with zero attached hydrogens (tertiary/aromatic N) is 1. The zero-order chi connectivity index (χ0) is 15.1. The lowest BCUT2D eigenvalue weighted by Gasteiger charge is -2.18. The first-order valence-corrected chi connectivity index (χ1v) is 6.42. The minimum atomic E-state index is -1.46. The molecule has 20 heavy (non-hydrogen) atoms. The van der Waals surface area contributed by atoms with Crippen molar-refractivity contribution in [3.8, 4) is 0 Å². The van der Waals surface area contributed by atoms with Gasteiger partial charge in [0.2, 0.25) is 0 Å². The van der Waals surface area contributed by atoms with Crippen LogP contribution < -0.4 is 5.32 Å². The van der Waals surface area contributed by atoms with Gasteiger partial charge in [0.25, 0.3) is 0 Å². The van der Waals surface area contributed by atoms with Crippen LogP contribution in [0.5, 0.6) is 0 Å². The number of urea groups is 1. The van der Waals surface area contributed by atoms with Gasteiger partial charge < -0.3 is 20.4 Å². The Balaban J connectivity index is 2.35. The van der Waals surface area contributed by atoms with Gasteiger partial charge in [0.1, 0.15) is 0 Å². The Morgan fingerprint density at radius 1 is 1.35 bits per heavy atom. The molecular formula is C13H17ClN2O4. The molecule has 6 nitrogen and oxygen atoms in total. The number of aliphatic hydroxyl groups is 1. The molecule has 1 unspecified atom stereocenters. The Kier molecular flexibility index (Phi) is 6.27. The quantitative estimate of drug-likeness (QED) is 0.739. The van der Waals surface area contributed by atoms with Gasteiger partial charge >= 0.3 is 12.0 Å². The third kappa shape index (κ3) is 5.46. The number of hydrogen-bond acceptors (Lipinski definition) is 3. The van der Waals surface area contributed by atoms with Crippen LogP contribution in [-0.2, 0) is 11.3 Å². The average molecular weight is 301 g/mol. The van der Waals surface area contributed by atoms with Gasteiger partial charge in [0, 0.05) is 31.6 Å². The van der Waals surface area contributed by atoms with Crippen LogP contribution in [0.1, 0.15) is 12.0 Å². The molecule has 0 bridgehead atoms. The maximum absolute atomic E-state index is 11.7. The number of aliphatic hydroxyl groups excluding tert-OH is 1. The zero-order valence-electron chi connectivity index (χ0n) is 11.0. The second-order valence-corrected chi connectivity index (χ2v) is 4.79. The molecule has 1 atom stereocenters. The van der Waals surface area contributed by atoms with E-state index in [2.05, 4.69) is 5.32 Å². The number of aliphatic carboxylic acids is 1. The van der Waals surface area contributed by atoms with E-state index in [0.29, 0.717) is 11.6 Å². The topological polar surface area (TPSA) is 89.9 Å². The molecule has 0 spiro atoms. The Labute approximate surface area is 122 Å². The normalized spacial score (nSPS) is 11.8. The number of benzene rings is 1. The minimum absolute atomic E-state index is 0.0319. The van der Waals surface area contributed by atoms with E-state index in [1.54, 1.807) is 19.2 Å². The van der Waals surface area contributed by atoms with Gasteiger partial charge in [0.05, 0.1) is 0 Å². The Hall–Kier alpha value is -1.79. The van der Waals surface area contributed by atoms with Gasteiger partial charge in [-0.05, 0) is 17.7 Å². The summed E-state index contributed by atoms with van der Waals surface area (Å²) in [7, 11) is 1.62. The molecule has 0 aromatic heterocycles. The summed E-state index contributed by atoms with van der Waals surface area (Å²) in [6.45, 7) is 0.502. The molecule has 0 fully saturated rings. The Morgan fingerprint density at radius 2 is 1.95 bits per heavy atom. The van der Waals surface area contributed by atoms with Crippen LogP contribution >= 0.6 is 11.6 Å². The SMILES string of the molecule is CN(Cc1ccc(Cl)cc1)C(=O)NCCC(O)C(=O)O. The molecule has 0 radical (unpaired) electrons. The molecule has 1 rings (SSSR count). The second kappa shape index (κ2) is 7.72. The minimum Gasteiger partial charge on any atom is -0.479 e. The maximum atomic E-state index is 11.7. The molecule has 0 aliphatic heterocycles. The van der Waals surface area contributed by atoms with E-state index in [1.807, 2.05) is 12.1 Å². The lowest BCUT2D eigenvalue weighted by Crippen LogP contribution is -2.38. The monoisotopic (exact) mass is 300 g/mol. The van der Waals surface area contributed by atoms with Crippen LogP contribution in [0.25, 0.3) is 0 Å². The standard InChI is InChI=1S/C13H17ClN2O4/c1-16(8-9-2-4-10(14)5-3-9)13(20)15-7-6-11(17)12(18)19/h2-5,11,17H,6-8H2,1H3,(H,15,20)(H,18,19). The van der Waals surface area contributed by atoms with Gasteiger partial charge in [-0.3, -0.25) is 0 Å². The van der Waals surface area contributed by atoms with Crippen molar-refractivity contribution in [2.45, 2.75) is 19.1 Å². The number of amides is 2. The van der Waals surface area contributed by atoms with E-state index >= 15 is 0 Å². The molecule has 0 saturated heterocycles. The van der Waals surface area contributed by atoms with Gasteiger partial charge in [-0.15, -0.1) is 0 Å². The molecule has 110 valence electrons. The number of hydrogen-bond donors (Lipinski definition) is 3. The number of carboxylic acids is 1. The summed E-state index contributed by atoms with van der Waals surface area (Å²) < 4.78 is 0. The second-order valence-electron chi connectivity index (χ2n) is 4.36. The van der Waals surface area contributed by atoms with E-state index < -0.39 is 12.1 Å². The number of carbonyl (C=O) groups excluding carboxylic acids is 1. The average Bonchev–Trinajstić information content (AvgIpc) is 2.40. The summed E-state index contributed by atoms with van der Waals surface area (Å²) in [6.07, 6.45) is -1.49. The fourth-order valence-corrected chi connectivity index (χ4v) is 1.64. The van der Waals surface area contributed by atoms with Crippen LogP contribution in [-0.4, -0.2) is 46.8 Å². The first-order chi connectivity index (χ1) is 9.40. The maximum Gasteiger partial charge on any atom is 0.332 e. The summed E-state index contributed by atoms with van der Waals surface area (Å²) in [6, 6.07) is 6.79. The summed E-state index contributed by atoms with van der Waals surface area (Å²) in [5.74, 6) is -1.30. The summed E-state index contributed by atoms with van der Waals surface area (Å²) in [4.78, 5) is 23.6. The molecule has 0 aliphatic rings. The fourth-order valence-electron chi connectivity index (χ4n) is 1.51. The van der Waals surface area contributed by atoms with Crippen LogP contribution in [0.3, 0.4) is 0 Å². The van der Waals surface area contributed by atoms with Crippen molar-refractivity contribution >= 4 is 23.6 Å². The molecular weight excluding hydrogens is 284 g/mol. The highest BCUT2D eigenvalue weighted by atomic mass is 35.5. The zero-order valence-corrected chi connectivity index (χ0v) is 11.8. The summed E-state index contributed by atoms with van der Waals surface area (Å²) >= 11 is 5.77. The van der Waals surface area contributed by atoms with Crippen molar-refractivity contribution in [2.24, 2.45) is 0 Å². The van der Waals surface area contributed by atoms with Crippen LogP contribution in [0.2, 0.25) is 5.02 Å². The number of rotatable bonds is 6. The first-order valence-electron chi connectivity index (χ1n) is 6.04. The highest BCUT2D eigenvalue weighted by Gasteiger charge is 2.14.